The van der Waals surface area contributed by atoms with Gasteiger partial charge >= 0.3 is 0 Å². The second kappa shape index (κ2) is 5.25. The van der Waals surface area contributed by atoms with Gasteiger partial charge in [-0.3, -0.25) is 4.98 Å². The molecule has 0 saturated carbocycles. The molecule has 1 unspecified atom stereocenters. The molecule has 0 spiro atoms. The van der Waals surface area contributed by atoms with Crippen LogP contribution in [0.5, 0.6) is 11.5 Å². The van der Waals surface area contributed by atoms with Crippen molar-refractivity contribution in [1.82, 2.24) is 4.98 Å². The average molecular weight is 303 g/mol. The molecule has 1 aromatic heterocycles. The van der Waals surface area contributed by atoms with Crippen LogP contribution in [0.15, 0.2) is 60.6 Å². The van der Waals surface area contributed by atoms with Crippen molar-refractivity contribution in [2.45, 2.75) is 5.92 Å². The second-order valence-corrected chi connectivity index (χ2v) is 5.43. The zero-order valence-corrected chi connectivity index (χ0v) is 12.1. The number of benzene rings is 2. The number of fused-ring (bicyclic) bond motifs is 2. The maximum Gasteiger partial charge on any atom is 0.135 e. The van der Waals surface area contributed by atoms with Crippen LogP contribution in [-0.2, 0) is 4.79 Å². The number of rotatable bonds is 2. The lowest BCUT2D eigenvalue weighted by Crippen LogP contribution is -2.00. The van der Waals surface area contributed by atoms with Crippen LogP contribution in [0.2, 0.25) is 0 Å². The number of allylic oxidation sites excluding steroid dienone is 1. The lowest BCUT2D eigenvalue weighted by Gasteiger charge is -2.05. The summed E-state index contributed by atoms with van der Waals surface area (Å²) < 4.78 is 5.79. The number of aldehydes is 1. The van der Waals surface area contributed by atoms with Gasteiger partial charge in [-0.15, -0.1) is 0 Å². The summed E-state index contributed by atoms with van der Waals surface area (Å²) in [7, 11) is 0. The predicted octanol–water partition coefficient (Wildman–Crippen LogP) is 3.66. The Hall–Kier alpha value is -3.14. The van der Waals surface area contributed by atoms with Gasteiger partial charge in [-0.25, -0.2) is 0 Å². The summed E-state index contributed by atoms with van der Waals surface area (Å²) in [5.41, 5.74) is 1.65. The van der Waals surface area contributed by atoms with Crippen molar-refractivity contribution in [3.05, 3.63) is 71.7 Å². The van der Waals surface area contributed by atoms with Crippen molar-refractivity contribution in [3.63, 3.8) is 0 Å². The van der Waals surface area contributed by atoms with Crippen LogP contribution >= 0.6 is 0 Å². The standard InChI is InChI=1S/C19H13NO3/c21-11-17-16-6-5-14(22)8-19(16)23-18(17)7-13-10-20-9-12-3-1-2-4-15(12)13/h1-11,17,22H/b18-7-. The molecule has 1 N–H and O–H groups in total. The lowest BCUT2D eigenvalue weighted by atomic mass is 9.98. The maximum atomic E-state index is 11.5. The van der Waals surface area contributed by atoms with Crippen LogP contribution < -0.4 is 4.74 Å². The van der Waals surface area contributed by atoms with Crippen LogP contribution in [0.1, 0.15) is 17.0 Å². The molecule has 3 aromatic rings. The van der Waals surface area contributed by atoms with Gasteiger partial charge in [0, 0.05) is 35.0 Å². The molecular weight excluding hydrogens is 290 g/mol. The minimum Gasteiger partial charge on any atom is -0.508 e. The SMILES string of the molecule is O=CC1/C(=C/c2cncc3ccccc23)Oc2cc(O)ccc21. The van der Waals surface area contributed by atoms with Crippen molar-refractivity contribution in [3.8, 4) is 11.5 Å². The third-order valence-electron chi connectivity index (χ3n) is 4.00. The minimum absolute atomic E-state index is 0.112. The number of hydrogen-bond acceptors (Lipinski definition) is 4. The molecule has 0 saturated heterocycles. The van der Waals surface area contributed by atoms with Crippen LogP contribution in [0.4, 0.5) is 0 Å². The predicted molar refractivity (Wildman–Crippen MR) is 87.3 cm³/mol. The maximum absolute atomic E-state index is 11.5. The van der Waals surface area contributed by atoms with Crippen molar-refractivity contribution in [2.24, 2.45) is 0 Å². The highest BCUT2D eigenvalue weighted by molar-refractivity contribution is 5.90. The first-order valence-electron chi connectivity index (χ1n) is 7.26. The topological polar surface area (TPSA) is 59.4 Å². The largest absolute Gasteiger partial charge is 0.508 e. The van der Waals surface area contributed by atoms with Gasteiger partial charge in [0.15, 0.2) is 0 Å². The normalized spacial score (nSPS) is 17.9. The molecule has 0 amide bonds. The van der Waals surface area contributed by atoms with Crippen LogP contribution in [0, 0.1) is 0 Å². The zero-order chi connectivity index (χ0) is 15.8. The number of carbonyl (C=O) groups is 1. The van der Waals surface area contributed by atoms with E-state index in [1.165, 1.54) is 6.07 Å². The summed E-state index contributed by atoms with van der Waals surface area (Å²) >= 11 is 0. The third kappa shape index (κ3) is 2.25. The molecule has 23 heavy (non-hydrogen) atoms. The third-order valence-corrected chi connectivity index (χ3v) is 4.00. The second-order valence-electron chi connectivity index (χ2n) is 5.43. The van der Waals surface area contributed by atoms with Gasteiger partial charge in [-0.1, -0.05) is 30.3 Å². The molecule has 0 radical (unpaired) electrons. The van der Waals surface area contributed by atoms with Crippen molar-refractivity contribution < 1.29 is 14.6 Å². The molecule has 1 aliphatic rings. The monoisotopic (exact) mass is 303 g/mol. The zero-order valence-electron chi connectivity index (χ0n) is 12.1. The number of phenolic OH excluding ortho intramolecular Hbond substituents is 1. The van der Waals surface area contributed by atoms with Crippen molar-refractivity contribution >= 4 is 23.1 Å². The van der Waals surface area contributed by atoms with E-state index in [0.717, 1.165) is 28.2 Å². The highest BCUT2D eigenvalue weighted by Gasteiger charge is 2.29. The van der Waals surface area contributed by atoms with E-state index in [0.29, 0.717) is 11.5 Å². The molecule has 2 heterocycles. The van der Waals surface area contributed by atoms with Gasteiger partial charge in [0.1, 0.15) is 29.5 Å². The highest BCUT2D eigenvalue weighted by Crippen LogP contribution is 2.42. The number of pyridine rings is 1. The molecule has 0 fully saturated rings. The number of aromatic hydroxyl groups is 1. The Morgan fingerprint density at radius 2 is 2.00 bits per heavy atom. The molecule has 0 aliphatic carbocycles. The van der Waals surface area contributed by atoms with E-state index in [4.69, 9.17) is 4.74 Å². The number of phenols is 1. The first-order chi connectivity index (χ1) is 11.3. The number of carbonyl (C=O) groups excluding carboxylic acids is 1. The van der Waals surface area contributed by atoms with Gasteiger partial charge in [-0.2, -0.15) is 0 Å². The number of aromatic nitrogens is 1. The van der Waals surface area contributed by atoms with Gasteiger partial charge in [0.2, 0.25) is 0 Å². The molecule has 1 atom stereocenters. The summed E-state index contributed by atoms with van der Waals surface area (Å²) in [5, 5.41) is 11.6. The van der Waals surface area contributed by atoms with Crippen LogP contribution in [0.3, 0.4) is 0 Å². The molecule has 4 nitrogen and oxygen atoms in total. The summed E-state index contributed by atoms with van der Waals surface area (Å²) in [6, 6.07) is 12.7. The number of nitrogens with zero attached hydrogens (tertiary/aromatic N) is 1. The Morgan fingerprint density at radius 1 is 1.13 bits per heavy atom. The number of hydrogen-bond donors (Lipinski definition) is 1. The Kier molecular flexibility index (Phi) is 3.08. The van der Waals surface area contributed by atoms with E-state index >= 15 is 0 Å². The first-order valence-corrected chi connectivity index (χ1v) is 7.26. The van der Waals surface area contributed by atoms with Gasteiger partial charge in [0.25, 0.3) is 0 Å². The number of ether oxygens (including phenoxy) is 1. The van der Waals surface area contributed by atoms with Crippen molar-refractivity contribution in [2.75, 3.05) is 0 Å². The Balaban J connectivity index is 1.84. The van der Waals surface area contributed by atoms with Crippen LogP contribution in [0.25, 0.3) is 16.8 Å². The van der Waals surface area contributed by atoms with Gasteiger partial charge in [0.05, 0.1) is 0 Å². The molecule has 4 rings (SSSR count). The highest BCUT2D eigenvalue weighted by atomic mass is 16.5. The van der Waals surface area contributed by atoms with E-state index in [1.54, 1.807) is 24.5 Å². The van der Waals surface area contributed by atoms with E-state index in [9.17, 15) is 9.90 Å². The van der Waals surface area contributed by atoms with E-state index in [1.807, 2.05) is 30.3 Å². The summed E-state index contributed by atoms with van der Waals surface area (Å²) in [4.78, 5) is 15.8. The van der Waals surface area contributed by atoms with Crippen LogP contribution in [-0.4, -0.2) is 16.4 Å². The summed E-state index contributed by atoms with van der Waals surface area (Å²) in [6.07, 6.45) is 6.25. The van der Waals surface area contributed by atoms with Crippen molar-refractivity contribution in [1.29, 1.82) is 0 Å². The Morgan fingerprint density at radius 3 is 2.87 bits per heavy atom. The van der Waals surface area contributed by atoms with Gasteiger partial charge < -0.3 is 14.6 Å². The fraction of sp³-hybridized carbons (Fsp3) is 0.0526. The Bertz CT molecular complexity index is 941. The molecule has 0 bridgehead atoms. The minimum atomic E-state index is -0.468. The fourth-order valence-corrected chi connectivity index (χ4v) is 2.88. The summed E-state index contributed by atoms with van der Waals surface area (Å²) in [5.74, 6) is 0.700. The quantitative estimate of drug-likeness (QED) is 0.734. The molecule has 1 aliphatic heterocycles. The van der Waals surface area contributed by atoms with Gasteiger partial charge in [-0.05, 0) is 17.5 Å². The first kappa shape index (κ1) is 13.5. The molecular formula is C19H13NO3. The smallest absolute Gasteiger partial charge is 0.135 e. The van der Waals surface area contributed by atoms with E-state index < -0.39 is 5.92 Å². The van der Waals surface area contributed by atoms with E-state index in [-0.39, 0.29) is 5.75 Å². The Labute approximate surface area is 132 Å². The molecule has 112 valence electrons. The molecule has 4 heteroatoms. The summed E-state index contributed by atoms with van der Waals surface area (Å²) in [6.45, 7) is 0. The van der Waals surface area contributed by atoms with E-state index in [2.05, 4.69) is 4.98 Å². The molecule has 2 aromatic carbocycles. The average Bonchev–Trinajstić information content (AvgIpc) is 2.91. The fourth-order valence-electron chi connectivity index (χ4n) is 2.88. The lowest BCUT2D eigenvalue weighted by molar-refractivity contribution is -0.108.